The fraction of sp³-hybridized carbons (Fsp3) is 0.160. The Morgan fingerprint density at radius 3 is 2.32 bits per heavy atom. The first-order valence-electron chi connectivity index (χ1n) is 10.7. The number of urea groups is 1. The van der Waals surface area contributed by atoms with Crippen molar-refractivity contribution in [2.24, 2.45) is 0 Å². The van der Waals surface area contributed by atoms with Crippen molar-refractivity contribution in [1.82, 2.24) is 0 Å². The summed E-state index contributed by atoms with van der Waals surface area (Å²) in [5, 5.41) is 5.93. The van der Waals surface area contributed by atoms with Gasteiger partial charge in [0.25, 0.3) is 0 Å². The largest absolute Gasteiger partial charge is 0.494 e. The number of ether oxygens (including phenoxy) is 1. The van der Waals surface area contributed by atoms with Crippen molar-refractivity contribution in [2.75, 3.05) is 40.1 Å². The summed E-state index contributed by atoms with van der Waals surface area (Å²) in [4.78, 5) is 41.4. The van der Waals surface area contributed by atoms with E-state index >= 15 is 0 Å². The molecular formula is C25H23ClN4O4. The molecule has 8 nitrogen and oxygen atoms in total. The molecule has 9 heteroatoms. The minimum Gasteiger partial charge on any atom is -0.494 e. The molecule has 0 aromatic heterocycles. The minimum absolute atomic E-state index is 0.209. The number of carbonyl (C=O) groups is 3. The van der Waals surface area contributed by atoms with E-state index in [0.29, 0.717) is 40.1 Å². The maximum absolute atomic E-state index is 13.0. The smallest absolute Gasteiger partial charge is 0.326 e. The van der Waals surface area contributed by atoms with Crippen LogP contribution in [0.2, 0.25) is 5.02 Å². The minimum atomic E-state index is -0.454. The van der Waals surface area contributed by atoms with Gasteiger partial charge in [-0.25, -0.2) is 4.79 Å². The highest BCUT2D eigenvalue weighted by atomic mass is 35.5. The number of fused-ring (bicyclic) bond motifs is 1. The highest BCUT2D eigenvalue weighted by Gasteiger charge is 2.33. The number of carbonyl (C=O) groups excluding carboxylic acids is 3. The van der Waals surface area contributed by atoms with Crippen LogP contribution in [0.25, 0.3) is 0 Å². The van der Waals surface area contributed by atoms with Crippen LogP contribution in [0.3, 0.4) is 0 Å². The molecule has 4 rings (SSSR count). The Kier molecular flexibility index (Phi) is 6.98. The van der Waals surface area contributed by atoms with Crippen LogP contribution >= 0.6 is 11.6 Å². The molecule has 3 aromatic rings. The van der Waals surface area contributed by atoms with Gasteiger partial charge in [-0.2, -0.15) is 0 Å². The van der Waals surface area contributed by atoms with E-state index in [1.165, 1.54) is 9.80 Å². The number of hydrogen-bond acceptors (Lipinski definition) is 4. The van der Waals surface area contributed by atoms with E-state index in [2.05, 4.69) is 10.6 Å². The summed E-state index contributed by atoms with van der Waals surface area (Å²) in [6, 6.07) is 20.3. The van der Waals surface area contributed by atoms with Gasteiger partial charge in [-0.15, -0.1) is 0 Å². The number of nitrogens with one attached hydrogen (secondary N) is 2. The molecule has 34 heavy (non-hydrogen) atoms. The second-order valence-electron chi connectivity index (χ2n) is 7.47. The van der Waals surface area contributed by atoms with Gasteiger partial charge in [-0.05, 0) is 55.5 Å². The number of hydrogen-bond donors (Lipinski definition) is 2. The number of para-hydroxylation sites is 3. The first-order chi connectivity index (χ1) is 16.5. The Bertz CT molecular complexity index is 1220. The predicted octanol–water partition coefficient (Wildman–Crippen LogP) is 4.76. The highest BCUT2D eigenvalue weighted by molar-refractivity contribution is 6.33. The molecule has 0 bridgehead atoms. The van der Waals surface area contributed by atoms with Crippen molar-refractivity contribution in [3.63, 3.8) is 0 Å². The van der Waals surface area contributed by atoms with Gasteiger partial charge in [0, 0.05) is 5.69 Å². The average molecular weight is 479 g/mol. The molecule has 0 fully saturated rings. The Hall–Kier alpha value is -4.04. The van der Waals surface area contributed by atoms with Crippen LogP contribution in [0.1, 0.15) is 6.92 Å². The van der Waals surface area contributed by atoms with Crippen molar-refractivity contribution in [3.8, 4) is 5.75 Å². The van der Waals surface area contributed by atoms with Crippen LogP contribution in [0, 0.1) is 0 Å². The monoisotopic (exact) mass is 478 g/mol. The molecule has 0 radical (unpaired) electrons. The van der Waals surface area contributed by atoms with Gasteiger partial charge in [-0.3, -0.25) is 19.4 Å². The maximum atomic E-state index is 13.0. The SMILES string of the molecule is CCOc1ccc(NC(=O)N2CC(=O)N(CC(=O)Nc3ccccc3Cl)c3ccccc32)cc1. The van der Waals surface area contributed by atoms with E-state index in [-0.39, 0.29) is 19.0 Å². The first-order valence-corrected chi connectivity index (χ1v) is 11.1. The molecule has 3 aromatic carbocycles. The average Bonchev–Trinajstić information content (AvgIpc) is 2.83. The number of benzene rings is 3. The molecular weight excluding hydrogens is 456 g/mol. The molecule has 174 valence electrons. The topological polar surface area (TPSA) is 91.0 Å². The van der Waals surface area contributed by atoms with Gasteiger partial charge in [-0.1, -0.05) is 35.9 Å². The molecule has 0 spiro atoms. The van der Waals surface area contributed by atoms with Gasteiger partial charge in [0.2, 0.25) is 11.8 Å². The number of nitrogens with zero attached hydrogens (tertiary/aromatic N) is 2. The fourth-order valence-corrected chi connectivity index (χ4v) is 3.79. The molecule has 0 saturated heterocycles. The third-order valence-corrected chi connectivity index (χ3v) is 5.50. The zero-order valence-corrected chi connectivity index (χ0v) is 19.2. The van der Waals surface area contributed by atoms with Crippen molar-refractivity contribution < 1.29 is 19.1 Å². The third kappa shape index (κ3) is 5.13. The van der Waals surface area contributed by atoms with Crippen molar-refractivity contribution >= 4 is 52.2 Å². The molecule has 0 atom stereocenters. The summed E-state index contributed by atoms with van der Waals surface area (Å²) in [5.41, 5.74) is 2.02. The van der Waals surface area contributed by atoms with Crippen LogP contribution in [0.15, 0.2) is 72.8 Å². The van der Waals surface area contributed by atoms with Crippen molar-refractivity contribution in [2.45, 2.75) is 6.92 Å². The fourth-order valence-electron chi connectivity index (χ4n) is 3.60. The Balaban J connectivity index is 1.50. The number of halogens is 1. The van der Waals surface area contributed by atoms with Crippen LogP contribution in [0.5, 0.6) is 5.75 Å². The Morgan fingerprint density at radius 2 is 1.62 bits per heavy atom. The number of rotatable bonds is 6. The summed E-state index contributed by atoms with van der Waals surface area (Å²) in [6.07, 6.45) is 0. The summed E-state index contributed by atoms with van der Waals surface area (Å²) < 4.78 is 5.42. The second kappa shape index (κ2) is 10.3. The van der Waals surface area contributed by atoms with Crippen molar-refractivity contribution in [1.29, 1.82) is 0 Å². The summed E-state index contributed by atoms with van der Waals surface area (Å²) in [5.74, 6) is -0.0805. The van der Waals surface area contributed by atoms with E-state index in [0.717, 1.165) is 0 Å². The lowest BCUT2D eigenvalue weighted by molar-refractivity contribution is -0.120. The quantitative estimate of drug-likeness (QED) is 0.534. The molecule has 1 aliphatic heterocycles. The molecule has 1 heterocycles. The van der Waals surface area contributed by atoms with Crippen LogP contribution in [-0.2, 0) is 9.59 Å². The summed E-state index contributed by atoms with van der Waals surface area (Å²) in [7, 11) is 0. The lowest BCUT2D eigenvalue weighted by Gasteiger charge is -2.35. The second-order valence-corrected chi connectivity index (χ2v) is 7.88. The Morgan fingerprint density at radius 1 is 0.941 bits per heavy atom. The molecule has 0 aliphatic carbocycles. The van der Waals surface area contributed by atoms with Gasteiger partial charge in [0.15, 0.2) is 0 Å². The van der Waals surface area contributed by atoms with Crippen LogP contribution in [-0.4, -0.2) is 37.5 Å². The molecule has 2 N–H and O–H groups in total. The normalized spacial score (nSPS) is 12.7. The zero-order chi connectivity index (χ0) is 24.1. The first kappa shape index (κ1) is 23.1. The number of anilines is 4. The maximum Gasteiger partial charge on any atom is 0.326 e. The zero-order valence-electron chi connectivity index (χ0n) is 18.5. The molecule has 0 unspecified atom stereocenters. The Labute approximate surface area is 202 Å². The van der Waals surface area contributed by atoms with Gasteiger partial charge in [0.1, 0.15) is 18.8 Å². The van der Waals surface area contributed by atoms with E-state index < -0.39 is 11.9 Å². The third-order valence-electron chi connectivity index (χ3n) is 5.17. The van der Waals surface area contributed by atoms with E-state index in [1.54, 1.807) is 72.8 Å². The molecule has 0 saturated carbocycles. The van der Waals surface area contributed by atoms with Crippen LogP contribution < -0.4 is 25.2 Å². The van der Waals surface area contributed by atoms with E-state index in [1.807, 2.05) is 6.92 Å². The summed E-state index contributed by atoms with van der Waals surface area (Å²) in [6.45, 7) is 2.02. The van der Waals surface area contributed by atoms with Gasteiger partial charge in [0.05, 0.1) is 28.7 Å². The molecule has 1 aliphatic rings. The van der Waals surface area contributed by atoms with Gasteiger partial charge >= 0.3 is 6.03 Å². The lowest BCUT2D eigenvalue weighted by atomic mass is 10.1. The molecule has 4 amide bonds. The summed E-state index contributed by atoms with van der Waals surface area (Å²) >= 11 is 6.11. The lowest BCUT2D eigenvalue weighted by Crippen LogP contribution is -2.51. The van der Waals surface area contributed by atoms with Crippen molar-refractivity contribution in [3.05, 3.63) is 77.8 Å². The predicted molar refractivity (Wildman–Crippen MR) is 133 cm³/mol. The number of amides is 4. The standard InChI is InChI=1S/C25H23ClN4O4/c1-2-34-18-13-11-17(12-14-18)27-25(33)30-16-24(32)29(21-9-5-6-10-22(21)30)15-23(31)28-20-8-4-3-7-19(20)26/h3-14H,2,15-16H2,1H3,(H,27,33)(H,28,31). The highest BCUT2D eigenvalue weighted by Crippen LogP contribution is 2.34. The van der Waals surface area contributed by atoms with E-state index in [9.17, 15) is 14.4 Å². The van der Waals surface area contributed by atoms with E-state index in [4.69, 9.17) is 16.3 Å². The van der Waals surface area contributed by atoms with Crippen LogP contribution in [0.4, 0.5) is 27.5 Å². The van der Waals surface area contributed by atoms with Gasteiger partial charge < -0.3 is 15.4 Å².